The number of benzene rings is 2. The zero-order valence-electron chi connectivity index (χ0n) is 17.2. The minimum atomic E-state index is -0.971. The molecule has 0 aliphatic rings. The van der Waals surface area contributed by atoms with Crippen molar-refractivity contribution in [3.63, 3.8) is 0 Å². The fourth-order valence-electron chi connectivity index (χ4n) is 3.55. The molecule has 2 aromatic carbocycles. The highest BCUT2D eigenvalue weighted by Crippen LogP contribution is 2.17. The van der Waals surface area contributed by atoms with Gasteiger partial charge in [0.25, 0.3) is 5.56 Å². The summed E-state index contributed by atoms with van der Waals surface area (Å²) in [5.41, 5.74) is 0.172. The smallest absolute Gasteiger partial charge is 0.322 e. The first-order valence-electron chi connectivity index (χ1n) is 9.70. The summed E-state index contributed by atoms with van der Waals surface area (Å²) in [6.45, 7) is 2.81. The highest BCUT2D eigenvalue weighted by atomic mass is 19.1. The van der Waals surface area contributed by atoms with Crippen LogP contribution < -0.4 is 16.6 Å². The van der Waals surface area contributed by atoms with E-state index in [-0.39, 0.29) is 16.7 Å². The Balaban J connectivity index is 1.87. The van der Waals surface area contributed by atoms with Crippen LogP contribution in [0.25, 0.3) is 16.7 Å². The second-order valence-electron chi connectivity index (χ2n) is 7.30. The highest BCUT2D eigenvalue weighted by Gasteiger charge is 2.20. The molecule has 2 aromatic heterocycles. The van der Waals surface area contributed by atoms with Gasteiger partial charge in [0, 0.05) is 11.8 Å². The first kappa shape index (κ1) is 21.1. The Bertz CT molecular complexity index is 1480. The quantitative estimate of drug-likeness (QED) is 0.533. The monoisotopic (exact) mass is 436 g/mol. The van der Waals surface area contributed by atoms with E-state index in [0.717, 1.165) is 16.7 Å². The van der Waals surface area contributed by atoms with Crippen molar-refractivity contribution < 1.29 is 13.6 Å². The van der Waals surface area contributed by atoms with Crippen molar-refractivity contribution in [2.75, 3.05) is 5.32 Å². The molecule has 7 nitrogen and oxygen atoms in total. The molecule has 0 unspecified atom stereocenters. The van der Waals surface area contributed by atoms with E-state index in [1.807, 2.05) is 0 Å². The van der Waals surface area contributed by atoms with E-state index < -0.39 is 35.3 Å². The molecule has 0 aliphatic heterocycles. The summed E-state index contributed by atoms with van der Waals surface area (Å²) in [5.74, 6) is -2.58. The van der Waals surface area contributed by atoms with Gasteiger partial charge in [0.1, 0.15) is 18.2 Å². The summed E-state index contributed by atoms with van der Waals surface area (Å²) in [5, 5.41) is 2.46. The predicted molar refractivity (Wildman–Crippen MR) is 116 cm³/mol. The van der Waals surface area contributed by atoms with Crippen molar-refractivity contribution in [3.05, 3.63) is 98.3 Å². The molecule has 1 N–H and O–H groups in total. The summed E-state index contributed by atoms with van der Waals surface area (Å²) in [7, 11) is 0. The molecule has 0 radical (unpaired) electrons. The van der Waals surface area contributed by atoms with Gasteiger partial charge in [-0.15, -0.1) is 0 Å². The second-order valence-corrected chi connectivity index (χ2v) is 7.30. The largest absolute Gasteiger partial charge is 0.337 e. The molecule has 2 heterocycles. The number of hydrogen-bond donors (Lipinski definition) is 1. The lowest BCUT2D eigenvalue weighted by molar-refractivity contribution is -0.116. The number of halogens is 2. The molecule has 4 rings (SSSR count). The summed E-state index contributed by atoms with van der Waals surface area (Å²) in [6.07, 6.45) is 0. The van der Waals surface area contributed by atoms with Gasteiger partial charge >= 0.3 is 5.69 Å². The third kappa shape index (κ3) is 3.80. The van der Waals surface area contributed by atoms with Gasteiger partial charge in [-0.2, -0.15) is 0 Å². The van der Waals surface area contributed by atoms with Gasteiger partial charge in [-0.05, 0) is 49.7 Å². The summed E-state index contributed by atoms with van der Waals surface area (Å²) in [4.78, 5) is 43.4. The van der Waals surface area contributed by atoms with Gasteiger partial charge in [0.05, 0.1) is 16.8 Å². The molecule has 32 heavy (non-hydrogen) atoms. The van der Waals surface area contributed by atoms with Crippen LogP contribution in [0.3, 0.4) is 0 Å². The van der Waals surface area contributed by atoms with Crippen molar-refractivity contribution in [2.24, 2.45) is 0 Å². The van der Waals surface area contributed by atoms with Crippen LogP contribution in [-0.2, 0) is 11.3 Å². The molecule has 4 aromatic rings. The molecule has 0 saturated carbocycles. The zero-order chi connectivity index (χ0) is 23.0. The van der Waals surface area contributed by atoms with Gasteiger partial charge < -0.3 is 5.32 Å². The Morgan fingerprint density at radius 3 is 2.44 bits per heavy atom. The number of amides is 1. The molecule has 0 spiro atoms. The van der Waals surface area contributed by atoms with Gasteiger partial charge in [0.15, 0.2) is 5.65 Å². The van der Waals surface area contributed by atoms with E-state index in [1.54, 1.807) is 50.2 Å². The first-order valence-corrected chi connectivity index (χ1v) is 9.70. The van der Waals surface area contributed by atoms with Gasteiger partial charge in [-0.3, -0.25) is 9.59 Å². The molecule has 1 amide bonds. The normalized spacial score (nSPS) is 11.0. The van der Waals surface area contributed by atoms with Gasteiger partial charge in [0.2, 0.25) is 5.91 Å². The van der Waals surface area contributed by atoms with Crippen molar-refractivity contribution in [1.82, 2.24) is 14.1 Å². The number of aryl methyl sites for hydroxylation is 2. The predicted octanol–water partition coefficient (Wildman–Crippen LogP) is 3.08. The number of anilines is 1. The number of nitrogens with one attached hydrogen (secondary N) is 1. The van der Waals surface area contributed by atoms with Crippen molar-refractivity contribution in [1.29, 1.82) is 0 Å². The van der Waals surface area contributed by atoms with Crippen LogP contribution in [0.2, 0.25) is 0 Å². The van der Waals surface area contributed by atoms with E-state index in [4.69, 9.17) is 0 Å². The van der Waals surface area contributed by atoms with Crippen molar-refractivity contribution in [2.45, 2.75) is 20.4 Å². The molecule has 0 fully saturated rings. The maximum absolute atomic E-state index is 13.9. The van der Waals surface area contributed by atoms with Crippen LogP contribution in [0.5, 0.6) is 0 Å². The summed E-state index contributed by atoms with van der Waals surface area (Å²) < 4.78 is 29.0. The lowest BCUT2D eigenvalue weighted by Crippen LogP contribution is -2.42. The number of para-hydroxylation sites is 1. The van der Waals surface area contributed by atoms with Crippen LogP contribution in [0, 0.1) is 25.5 Å². The van der Waals surface area contributed by atoms with Crippen LogP contribution in [-0.4, -0.2) is 20.0 Å². The fourth-order valence-corrected chi connectivity index (χ4v) is 3.55. The van der Waals surface area contributed by atoms with Gasteiger partial charge in [-0.1, -0.05) is 18.2 Å². The standard InChI is InChI=1S/C23H18F2N4O3/c1-13-10-14(2)26-21-20(13)22(31)28(23(32)29(21)16-6-4-3-5-7-16)12-19(30)27-18-9-8-15(24)11-17(18)25/h3-11H,12H2,1-2H3,(H,27,30). The molecule has 9 heteroatoms. The number of rotatable bonds is 4. The highest BCUT2D eigenvalue weighted by molar-refractivity contribution is 5.91. The van der Waals surface area contributed by atoms with Crippen LogP contribution >= 0.6 is 0 Å². The maximum Gasteiger partial charge on any atom is 0.337 e. The molecule has 0 atom stereocenters. The Kier molecular flexibility index (Phi) is 5.40. The van der Waals surface area contributed by atoms with E-state index in [0.29, 0.717) is 23.0 Å². The van der Waals surface area contributed by atoms with E-state index in [9.17, 15) is 23.2 Å². The fraction of sp³-hybridized carbons (Fsp3) is 0.130. The lowest BCUT2D eigenvalue weighted by atomic mass is 10.1. The average Bonchev–Trinajstić information content (AvgIpc) is 2.73. The molecule has 162 valence electrons. The molecule has 0 bridgehead atoms. The van der Waals surface area contributed by atoms with Crippen LogP contribution in [0.1, 0.15) is 11.3 Å². The topological polar surface area (TPSA) is 86.0 Å². The minimum Gasteiger partial charge on any atom is -0.322 e. The number of aromatic nitrogens is 3. The van der Waals surface area contributed by atoms with Crippen LogP contribution in [0.15, 0.2) is 64.2 Å². The Labute approximate surface area is 180 Å². The van der Waals surface area contributed by atoms with E-state index in [1.165, 1.54) is 4.57 Å². The van der Waals surface area contributed by atoms with E-state index in [2.05, 4.69) is 10.3 Å². The number of carbonyl (C=O) groups excluding carboxylic acids is 1. The second kappa shape index (κ2) is 8.18. The Morgan fingerprint density at radius 1 is 1.03 bits per heavy atom. The zero-order valence-corrected chi connectivity index (χ0v) is 17.2. The lowest BCUT2D eigenvalue weighted by Gasteiger charge is -2.15. The number of nitrogens with zero attached hydrogens (tertiary/aromatic N) is 3. The average molecular weight is 436 g/mol. The van der Waals surface area contributed by atoms with Gasteiger partial charge in [-0.25, -0.2) is 27.7 Å². The van der Waals surface area contributed by atoms with Crippen LogP contribution in [0.4, 0.5) is 14.5 Å². The maximum atomic E-state index is 13.9. The SMILES string of the molecule is Cc1cc(C)c2c(=O)n(CC(=O)Nc3ccc(F)cc3F)c(=O)n(-c3ccccc3)c2n1. The number of carbonyl (C=O) groups is 1. The molecular weight excluding hydrogens is 418 g/mol. The third-order valence-electron chi connectivity index (χ3n) is 4.94. The minimum absolute atomic E-state index is 0.185. The van der Waals surface area contributed by atoms with Crippen molar-refractivity contribution >= 4 is 22.6 Å². The number of hydrogen-bond acceptors (Lipinski definition) is 4. The third-order valence-corrected chi connectivity index (χ3v) is 4.94. The first-order chi connectivity index (χ1) is 15.3. The Morgan fingerprint density at radius 2 is 1.75 bits per heavy atom. The molecule has 0 aliphatic carbocycles. The Hall–Kier alpha value is -4.14. The number of fused-ring (bicyclic) bond motifs is 1. The van der Waals surface area contributed by atoms with E-state index >= 15 is 0 Å². The summed E-state index contributed by atoms with van der Waals surface area (Å²) in [6, 6.07) is 13.0. The molecular formula is C23H18F2N4O3. The van der Waals surface area contributed by atoms with Crippen molar-refractivity contribution in [3.8, 4) is 5.69 Å². The summed E-state index contributed by atoms with van der Waals surface area (Å²) >= 11 is 0. The number of pyridine rings is 1. The molecule has 0 saturated heterocycles.